The molecular formula is C14H8O5-2. The summed E-state index contributed by atoms with van der Waals surface area (Å²) in [6.07, 6.45) is 0.858. The van der Waals surface area contributed by atoms with Crippen molar-refractivity contribution in [3.63, 3.8) is 0 Å². The molecule has 2 aromatic rings. The summed E-state index contributed by atoms with van der Waals surface area (Å²) in [4.78, 5) is 21.2. The van der Waals surface area contributed by atoms with Crippen LogP contribution in [-0.4, -0.2) is 11.9 Å². The minimum atomic E-state index is -1.82. The molecule has 0 spiro atoms. The molecule has 19 heavy (non-hydrogen) atoms. The van der Waals surface area contributed by atoms with Crippen LogP contribution in [0.5, 0.6) is 0 Å². The third kappa shape index (κ3) is 2.90. The topological polar surface area (TPSA) is 93.4 Å². The highest BCUT2D eigenvalue weighted by Gasteiger charge is 2.05. The number of carbonyl (C=O) groups excluding carboxylic acids is 2. The van der Waals surface area contributed by atoms with Crippen molar-refractivity contribution < 1.29 is 24.2 Å². The number of hydrogen-bond acceptors (Lipinski definition) is 5. The molecule has 0 amide bonds. The number of carbonyl (C=O) groups is 2. The lowest BCUT2D eigenvalue weighted by Crippen LogP contribution is -2.35. The van der Waals surface area contributed by atoms with Crippen molar-refractivity contribution >= 4 is 18.0 Å². The van der Waals surface area contributed by atoms with Gasteiger partial charge in [0.15, 0.2) is 0 Å². The molecule has 1 aromatic heterocycles. The molecule has 0 N–H and O–H groups in total. The molecule has 0 aliphatic rings. The molecular weight excluding hydrogens is 248 g/mol. The van der Waals surface area contributed by atoms with E-state index < -0.39 is 17.5 Å². The molecule has 0 unspecified atom stereocenters. The number of carboxylic acids is 2. The second kappa shape index (κ2) is 5.22. The minimum Gasteiger partial charge on any atom is -0.545 e. The van der Waals surface area contributed by atoms with Gasteiger partial charge in [0.25, 0.3) is 0 Å². The van der Waals surface area contributed by atoms with E-state index in [0.29, 0.717) is 5.76 Å². The molecule has 5 nitrogen and oxygen atoms in total. The largest absolute Gasteiger partial charge is 0.545 e. The number of hydrogen-bond donors (Lipinski definition) is 0. The first kappa shape index (κ1) is 12.6. The quantitative estimate of drug-likeness (QED) is 0.430. The van der Waals surface area contributed by atoms with Crippen LogP contribution < -0.4 is 10.2 Å². The third-order valence-electron chi connectivity index (χ3n) is 2.41. The highest BCUT2D eigenvalue weighted by Crippen LogP contribution is 2.22. The number of benzene rings is 1. The Bertz CT molecular complexity index is 621. The Hall–Kier alpha value is -2.82. The first-order valence-corrected chi connectivity index (χ1v) is 5.37. The van der Waals surface area contributed by atoms with Gasteiger partial charge in [-0.3, -0.25) is 0 Å². The van der Waals surface area contributed by atoms with Gasteiger partial charge in [-0.15, -0.1) is 0 Å². The zero-order chi connectivity index (χ0) is 13.8. The Labute approximate surface area is 108 Å². The van der Waals surface area contributed by atoms with Gasteiger partial charge in [0.2, 0.25) is 0 Å². The maximum atomic E-state index is 10.6. The van der Waals surface area contributed by atoms with Gasteiger partial charge in [-0.25, -0.2) is 0 Å². The summed E-state index contributed by atoms with van der Waals surface area (Å²) in [7, 11) is 0. The lowest BCUT2D eigenvalue weighted by molar-refractivity contribution is -0.311. The summed E-state index contributed by atoms with van der Waals surface area (Å²) in [5, 5.41) is 21.2. The van der Waals surface area contributed by atoms with Crippen molar-refractivity contribution in [3.8, 4) is 11.3 Å². The standard InChI is InChI=1S/C14H10O5/c15-13(16)11(14(17)18)8-10-6-7-12(19-10)9-4-2-1-3-5-9/h1-8H,(H,15,16)(H,17,18)/p-2. The van der Waals surface area contributed by atoms with Crippen LogP contribution in [0, 0.1) is 0 Å². The maximum absolute atomic E-state index is 10.6. The van der Waals surface area contributed by atoms with E-state index in [1.165, 1.54) is 6.07 Å². The second-order valence-electron chi connectivity index (χ2n) is 3.70. The van der Waals surface area contributed by atoms with Gasteiger partial charge in [-0.05, 0) is 18.2 Å². The van der Waals surface area contributed by atoms with Gasteiger partial charge < -0.3 is 24.2 Å². The highest BCUT2D eigenvalue weighted by atomic mass is 16.4. The molecule has 1 aromatic carbocycles. The first-order valence-electron chi connectivity index (χ1n) is 5.37. The van der Waals surface area contributed by atoms with Crippen molar-refractivity contribution in [2.45, 2.75) is 0 Å². The average Bonchev–Trinajstić information content (AvgIpc) is 2.85. The molecule has 0 saturated carbocycles. The molecule has 0 fully saturated rings. The van der Waals surface area contributed by atoms with Crippen LogP contribution in [0.15, 0.2) is 52.5 Å². The van der Waals surface area contributed by atoms with E-state index >= 15 is 0 Å². The first-order chi connectivity index (χ1) is 9.08. The second-order valence-corrected chi connectivity index (χ2v) is 3.70. The van der Waals surface area contributed by atoms with Gasteiger partial charge in [-0.1, -0.05) is 30.3 Å². The molecule has 96 valence electrons. The smallest absolute Gasteiger partial charge is 0.134 e. The molecule has 0 bridgehead atoms. The van der Waals surface area contributed by atoms with Crippen LogP contribution in [0.3, 0.4) is 0 Å². The van der Waals surface area contributed by atoms with Gasteiger partial charge >= 0.3 is 0 Å². The summed E-state index contributed by atoms with van der Waals surface area (Å²) in [5.74, 6) is -3.04. The molecule has 1 heterocycles. The van der Waals surface area contributed by atoms with Gasteiger partial charge in [0, 0.05) is 11.1 Å². The van der Waals surface area contributed by atoms with Crippen LogP contribution in [0.25, 0.3) is 17.4 Å². The fraction of sp³-hybridized carbons (Fsp3) is 0. The van der Waals surface area contributed by atoms with Crippen LogP contribution in [0.1, 0.15) is 5.76 Å². The lowest BCUT2D eigenvalue weighted by atomic mass is 10.2. The van der Waals surface area contributed by atoms with Crippen molar-refractivity contribution in [1.82, 2.24) is 0 Å². The monoisotopic (exact) mass is 256 g/mol. The Morgan fingerprint density at radius 2 is 1.58 bits per heavy atom. The number of furan rings is 1. The van der Waals surface area contributed by atoms with Crippen LogP contribution in [0.2, 0.25) is 0 Å². The summed E-state index contributed by atoms with van der Waals surface area (Å²) >= 11 is 0. The van der Waals surface area contributed by atoms with Crippen LogP contribution in [-0.2, 0) is 9.59 Å². The van der Waals surface area contributed by atoms with Crippen molar-refractivity contribution in [2.75, 3.05) is 0 Å². The highest BCUT2D eigenvalue weighted by molar-refractivity contribution is 6.14. The molecule has 0 radical (unpaired) electrons. The Kier molecular flexibility index (Phi) is 3.47. The zero-order valence-corrected chi connectivity index (χ0v) is 9.66. The number of carboxylic acid groups (broad SMARTS) is 2. The fourth-order valence-corrected chi connectivity index (χ4v) is 1.53. The molecule has 0 atom stereocenters. The SMILES string of the molecule is O=C([O-])C(=Cc1ccc(-c2ccccc2)o1)C(=O)[O-]. The van der Waals surface area contributed by atoms with Gasteiger partial charge in [0.1, 0.15) is 11.5 Å². The molecule has 0 aliphatic carbocycles. The van der Waals surface area contributed by atoms with E-state index in [9.17, 15) is 19.8 Å². The van der Waals surface area contributed by atoms with E-state index in [4.69, 9.17) is 4.42 Å². The van der Waals surface area contributed by atoms with E-state index in [2.05, 4.69) is 0 Å². The number of aliphatic carboxylic acids is 2. The predicted octanol–water partition coefficient (Wildman–Crippen LogP) is -0.170. The normalized spacial score (nSPS) is 9.89. The summed E-state index contributed by atoms with van der Waals surface area (Å²) in [5.41, 5.74) is -0.167. The average molecular weight is 256 g/mol. The Morgan fingerprint density at radius 3 is 2.16 bits per heavy atom. The Balaban J connectivity index is 2.34. The summed E-state index contributed by atoms with van der Waals surface area (Å²) in [6.45, 7) is 0. The molecule has 2 rings (SSSR count). The number of rotatable bonds is 4. The summed E-state index contributed by atoms with van der Waals surface area (Å²) in [6, 6.07) is 12.2. The van der Waals surface area contributed by atoms with Crippen molar-refractivity contribution in [3.05, 3.63) is 53.8 Å². The fourth-order valence-electron chi connectivity index (χ4n) is 1.53. The molecule has 5 heteroatoms. The van der Waals surface area contributed by atoms with E-state index in [-0.39, 0.29) is 5.76 Å². The predicted molar refractivity (Wildman–Crippen MR) is 62.1 cm³/mol. The molecule has 0 saturated heterocycles. The lowest BCUT2D eigenvalue weighted by Gasteiger charge is -2.07. The van der Waals surface area contributed by atoms with Crippen molar-refractivity contribution in [2.24, 2.45) is 0 Å². The van der Waals surface area contributed by atoms with E-state index in [0.717, 1.165) is 11.6 Å². The summed E-state index contributed by atoms with van der Waals surface area (Å²) < 4.78 is 5.34. The van der Waals surface area contributed by atoms with Crippen molar-refractivity contribution in [1.29, 1.82) is 0 Å². The maximum Gasteiger partial charge on any atom is 0.134 e. The van der Waals surface area contributed by atoms with Crippen LogP contribution >= 0.6 is 0 Å². The van der Waals surface area contributed by atoms with E-state index in [1.807, 2.05) is 30.3 Å². The molecule has 0 aliphatic heterocycles. The van der Waals surface area contributed by atoms with Gasteiger partial charge in [0.05, 0.1) is 11.9 Å². The van der Waals surface area contributed by atoms with Gasteiger partial charge in [-0.2, -0.15) is 0 Å². The zero-order valence-electron chi connectivity index (χ0n) is 9.66. The minimum absolute atomic E-state index is 0.0993. The third-order valence-corrected chi connectivity index (χ3v) is 2.41. The Morgan fingerprint density at radius 1 is 0.947 bits per heavy atom. The van der Waals surface area contributed by atoms with E-state index in [1.54, 1.807) is 6.07 Å². The van der Waals surface area contributed by atoms with Crippen LogP contribution in [0.4, 0.5) is 0 Å².